The molecule has 0 aliphatic rings. The lowest BCUT2D eigenvalue weighted by Crippen LogP contribution is -1.64. The molecule has 0 bridgehead atoms. The van der Waals surface area contributed by atoms with Crippen molar-refractivity contribution >= 4 is 44.5 Å². The molecule has 0 saturated carbocycles. The summed E-state index contributed by atoms with van der Waals surface area (Å²) in [7, 11) is 0. The van der Waals surface area contributed by atoms with Crippen molar-refractivity contribution in [2.75, 3.05) is 5.75 Å². The topological polar surface area (TPSA) is 0 Å². The van der Waals surface area contributed by atoms with Crippen LogP contribution in [0, 0.1) is 0 Å². The molecule has 0 heterocycles. The number of allylic oxidation sites excluding steroid dienone is 1. The van der Waals surface area contributed by atoms with Crippen LogP contribution in [0.15, 0.2) is 9.47 Å². The van der Waals surface area contributed by atoms with Gasteiger partial charge >= 0.3 is 0 Å². The summed E-state index contributed by atoms with van der Waals surface area (Å²) in [5, 5.41) is 0. The molecule has 0 amide bonds. The zero-order chi connectivity index (χ0) is 5.70. The Labute approximate surface area is 66.0 Å². The summed E-state index contributed by atoms with van der Waals surface area (Å²) in [5.74, 6) is 0.903. The standard InChI is InChI=1S/C4H6Br2S/c5-4(6)2-1-3-7/h2,7H,1,3H2. The number of rotatable bonds is 2. The SMILES string of the molecule is SCCC=C(Br)Br. The second kappa shape index (κ2) is 5.19. The molecule has 0 N–H and O–H groups in total. The van der Waals surface area contributed by atoms with Crippen molar-refractivity contribution in [3.8, 4) is 0 Å². The first-order valence-corrected chi connectivity index (χ1v) is 4.11. The molecule has 0 atom stereocenters. The Morgan fingerprint density at radius 2 is 2.14 bits per heavy atom. The van der Waals surface area contributed by atoms with E-state index >= 15 is 0 Å². The van der Waals surface area contributed by atoms with E-state index < -0.39 is 0 Å². The van der Waals surface area contributed by atoms with Crippen molar-refractivity contribution in [3.63, 3.8) is 0 Å². The van der Waals surface area contributed by atoms with Gasteiger partial charge in [0.1, 0.15) is 0 Å². The molecular formula is C4H6Br2S. The van der Waals surface area contributed by atoms with Crippen LogP contribution in [0.25, 0.3) is 0 Å². The molecule has 0 saturated heterocycles. The largest absolute Gasteiger partial charge is 0.179 e. The minimum Gasteiger partial charge on any atom is -0.179 e. The predicted molar refractivity (Wildman–Crippen MR) is 44.4 cm³/mol. The highest BCUT2D eigenvalue weighted by atomic mass is 79.9. The van der Waals surface area contributed by atoms with E-state index in [9.17, 15) is 0 Å². The molecule has 0 aromatic rings. The van der Waals surface area contributed by atoms with Gasteiger partial charge in [0.25, 0.3) is 0 Å². The van der Waals surface area contributed by atoms with E-state index in [1.807, 2.05) is 6.08 Å². The van der Waals surface area contributed by atoms with Crippen molar-refractivity contribution in [2.45, 2.75) is 6.42 Å². The van der Waals surface area contributed by atoms with E-state index in [1.165, 1.54) is 0 Å². The molecular weight excluding hydrogens is 240 g/mol. The van der Waals surface area contributed by atoms with Gasteiger partial charge in [-0.3, -0.25) is 0 Å². The predicted octanol–water partition coefficient (Wildman–Crippen LogP) is 2.94. The van der Waals surface area contributed by atoms with Gasteiger partial charge in [-0.15, -0.1) is 0 Å². The Morgan fingerprint density at radius 1 is 1.57 bits per heavy atom. The summed E-state index contributed by atoms with van der Waals surface area (Å²) in [6.07, 6.45) is 3.03. The van der Waals surface area contributed by atoms with Crippen LogP contribution in [0.2, 0.25) is 0 Å². The molecule has 0 fully saturated rings. The summed E-state index contributed by atoms with van der Waals surface area (Å²) in [4.78, 5) is 0. The molecule has 0 aromatic heterocycles. The zero-order valence-electron chi connectivity index (χ0n) is 3.69. The third-order valence-electron chi connectivity index (χ3n) is 0.428. The number of hydrogen-bond acceptors (Lipinski definition) is 1. The van der Waals surface area contributed by atoms with Crippen molar-refractivity contribution in [1.82, 2.24) is 0 Å². The van der Waals surface area contributed by atoms with Crippen LogP contribution in [-0.2, 0) is 0 Å². The van der Waals surface area contributed by atoms with Gasteiger partial charge in [0.15, 0.2) is 0 Å². The van der Waals surface area contributed by atoms with Gasteiger partial charge in [0.2, 0.25) is 0 Å². The fourth-order valence-corrected chi connectivity index (χ4v) is 0.761. The average molecular weight is 246 g/mol. The quantitative estimate of drug-likeness (QED) is 0.711. The second-order valence-electron chi connectivity index (χ2n) is 1.01. The first-order valence-electron chi connectivity index (χ1n) is 1.89. The van der Waals surface area contributed by atoms with Crippen LogP contribution in [0.3, 0.4) is 0 Å². The van der Waals surface area contributed by atoms with Gasteiger partial charge in [-0.1, -0.05) is 6.08 Å². The molecule has 0 aliphatic heterocycles. The maximum atomic E-state index is 4.01. The van der Waals surface area contributed by atoms with Crippen molar-refractivity contribution in [2.24, 2.45) is 0 Å². The van der Waals surface area contributed by atoms with E-state index in [2.05, 4.69) is 44.5 Å². The minimum absolute atomic E-state index is 0.903. The molecule has 42 valence electrons. The molecule has 0 unspecified atom stereocenters. The Morgan fingerprint density at radius 3 is 2.29 bits per heavy atom. The van der Waals surface area contributed by atoms with Gasteiger partial charge in [0, 0.05) is 0 Å². The van der Waals surface area contributed by atoms with Crippen LogP contribution < -0.4 is 0 Å². The summed E-state index contributed by atoms with van der Waals surface area (Å²) in [5.41, 5.74) is 0. The highest BCUT2D eigenvalue weighted by Gasteiger charge is 1.77. The maximum Gasteiger partial charge on any atom is 0.0564 e. The van der Waals surface area contributed by atoms with Crippen LogP contribution in [0.4, 0.5) is 0 Å². The van der Waals surface area contributed by atoms with Crippen molar-refractivity contribution in [1.29, 1.82) is 0 Å². The Bertz CT molecular complexity index is 66.1. The van der Waals surface area contributed by atoms with Crippen LogP contribution in [0.5, 0.6) is 0 Å². The lowest BCUT2D eigenvalue weighted by atomic mass is 10.5. The second-order valence-corrected chi connectivity index (χ2v) is 4.23. The lowest BCUT2D eigenvalue weighted by Gasteiger charge is -1.81. The van der Waals surface area contributed by atoms with Gasteiger partial charge in [-0.25, -0.2) is 0 Å². The van der Waals surface area contributed by atoms with Crippen molar-refractivity contribution in [3.05, 3.63) is 9.47 Å². The Hall–Kier alpha value is 1.05. The highest BCUT2D eigenvalue weighted by molar-refractivity contribution is 9.28. The van der Waals surface area contributed by atoms with Gasteiger partial charge < -0.3 is 0 Å². The van der Waals surface area contributed by atoms with E-state index in [1.54, 1.807) is 0 Å². The van der Waals surface area contributed by atoms with E-state index in [0.717, 1.165) is 15.6 Å². The third-order valence-corrected chi connectivity index (χ3v) is 1.33. The van der Waals surface area contributed by atoms with Gasteiger partial charge in [-0.2, -0.15) is 12.6 Å². The van der Waals surface area contributed by atoms with E-state index in [-0.39, 0.29) is 0 Å². The minimum atomic E-state index is 0.903. The normalized spacial score (nSPS) is 8.43. The molecule has 0 spiro atoms. The molecule has 0 nitrogen and oxygen atoms in total. The first kappa shape index (κ1) is 8.05. The summed E-state index contributed by atoms with van der Waals surface area (Å²) in [6, 6.07) is 0. The Kier molecular flexibility index (Phi) is 5.97. The number of thiol groups is 1. The number of hydrogen-bond donors (Lipinski definition) is 1. The third kappa shape index (κ3) is 7.05. The lowest BCUT2D eigenvalue weighted by molar-refractivity contribution is 1.26. The summed E-state index contributed by atoms with van der Waals surface area (Å²) in [6.45, 7) is 0. The monoisotopic (exact) mass is 244 g/mol. The summed E-state index contributed by atoms with van der Waals surface area (Å²) < 4.78 is 1.01. The average Bonchev–Trinajstić information content (AvgIpc) is 1.61. The first-order chi connectivity index (χ1) is 3.27. The van der Waals surface area contributed by atoms with E-state index in [0.29, 0.717) is 0 Å². The smallest absolute Gasteiger partial charge is 0.0564 e. The Balaban J connectivity index is 3.08. The molecule has 0 aliphatic carbocycles. The van der Waals surface area contributed by atoms with E-state index in [4.69, 9.17) is 0 Å². The molecule has 7 heavy (non-hydrogen) atoms. The maximum absolute atomic E-state index is 4.01. The fourth-order valence-electron chi connectivity index (χ4n) is 0.174. The van der Waals surface area contributed by atoms with Gasteiger partial charge in [0.05, 0.1) is 3.39 Å². The van der Waals surface area contributed by atoms with Crippen LogP contribution in [0.1, 0.15) is 6.42 Å². The van der Waals surface area contributed by atoms with Gasteiger partial charge in [-0.05, 0) is 44.0 Å². The highest BCUT2D eigenvalue weighted by Crippen LogP contribution is 2.13. The fraction of sp³-hybridized carbons (Fsp3) is 0.500. The zero-order valence-corrected chi connectivity index (χ0v) is 7.76. The number of halogens is 2. The molecule has 0 radical (unpaired) electrons. The summed E-state index contributed by atoms with van der Waals surface area (Å²) >= 11 is 10.4. The van der Waals surface area contributed by atoms with Crippen molar-refractivity contribution < 1.29 is 0 Å². The molecule has 3 heteroatoms. The van der Waals surface area contributed by atoms with Crippen LogP contribution in [-0.4, -0.2) is 5.75 Å². The molecule has 0 rings (SSSR count). The molecule has 0 aromatic carbocycles. The van der Waals surface area contributed by atoms with Crippen LogP contribution >= 0.6 is 44.5 Å².